The van der Waals surface area contributed by atoms with Crippen LogP contribution >= 0.6 is 11.3 Å². The Hall–Kier alpha value is -0.420. The Morgan fingerprint density at radius 2 is 2.38 bits per heavy atom. The Bertz CT molecular complexity index is 453. The van der Waals surface area contributed by atoms with Crippen LogP contribution in [0.4, 0.5) is 0 Å². The van der Waals surface area contributed by atoms with Gasteiger partial charge in [0, 0.05) is 30.6 Å². The van der Waals surface area contributed by atoms with Crippen LogP contribution in [0.1, 0.15) is 49.1 Å². The lowest BCUT2D eigenvalue weighted by atomic mass is 9.80. The Labute approximate surface area is 132 Å². The summed E-state index contributed by atoms with van der Waals surface area (Å²) in [5, 5.41) is 6.02. The quantitative estimate of drug-likeness (QED) is 0.900. The SMILES string of the molecule is CCCNC(c1sccc1C)C1CCOC2(CCOC2)C1. The van der Waals surface area contributed by atoms with Crippen molar-refractivity contribution in [2.45, 2.75) is 51.2 Å². The number of hydrogen-bond donors (Lipinski definition) is 1. The molecular weight excluding hydrogens is 282 g/mol. The number of rotatable bonds is 5. The van der Waals surface area contributed by atoms with Crippen LogP contribution in [0.25, 0.3) is 0 Å². The first-order chi connectivity index (χ1) is 10.2. The second-order valence-corrected chi connectivity index (χ2v) is 7.43. The van der Waals surface area contributed by atoms with Crippen molar-refractivity contribution < 1.29 is 9.47 Å². The van der Waals surface area contributed by atoms with E-state index in [1.807, 2.05) is 11.3 Å². The minimum Gasteiger partial charge on any atom is -0.378 e. The molecule has 0 radical (unpaired) electrons. The van der Waals surface area contributed by atoms with Gasteiger partial charge in [-0.15, -0.1) is 11.3 Å². The summed E-state index contributed by atoms with van der Waals surface area (Å²) in [4.78, 5) is 1.52. The normalized spacial score (nSPS) is 30.9. The van der Waals surface area contributed by atoms with Gasteiger partial charge in [0.2, 0.25) is 0 Å². The molecule has 118 valence electrons. The van der Waals surface area contributed by atoms with Crippen LogP contribution in [0, 0.1) is 12.8 Å². The molecule has 1 aromatic heterocycles. The topological polar surface area (TPSA) is 30.5 Å². The van der Waals surface area contributed by atoms with Gasteiger partial charge in [-0.1, -0.05) is 6.92 Å². The van der Waals surface area contributed by atoms with Gasteiger partial charge in [0.15, 0.2) is 0 Å². The summed E-state index contributed by atoms with van der Waals surface area (Å²) in [6.07, 6.45) is 4.53. The monoisotopic (exact) mass is 309 g/mol. The lowest BCUT2D eigenvalue weighted by molar-refractivity contribution is -0.103. The maximum absolute atomic E-state index is 6.11. The second kappa shape index (κ2) is 6.78. The Kier molecular flexibility index (Phi) is 4.99. The third kappa shape index (κ3) is 3.34. The van der Waals surface area contributed by atoms with Gasteiger partial charge in [0.05, 0.1) is 12.2 Å². The zero-order chi connectivity index (χ0) is 14.7. The fourth-order valence-electron chi connectivity index (χ4n) is 3.69. The summed E-state index contributed by atoms with van der Waals surface area (Å²) in [6.45, 7) is 8.08. The first-order valence-corrected chi connectivity index (χ1v) is 9.11. The molecule has 0 amide bonds. The van der Waals surface area contributed by atoms with E-state index in [4.69, 9.17) is 9.47 Å². The van der Waals surface area contributed by atoms with Gasteiger partial charge in [-0.25, -0.2) is 0 Å². The van der Waals surface area contributed by atoms with Crippen LogP contribution in [-0.2, 0) is 9.47 Å². The van der Waals surface area contributed by atoms with E-state index in [2.05, 4.69) is 30.6 Å². The van der Waals surface area contributed by atoms with E-state index in [9.17, 15) is 0 Å². The van der Waals surface area contributed by atoms with Crippen LogP contribution in [-0.4, -0.2) is 32.0 Å². The van der Waals surface area contributed by atoms with E-state index in [0.29, 0.717) is 12.0 Å². The van der Waals surface area contributed by atoms with Gasteiger partial charge in [0.1, 0.15) is 0 Å². The van der Waals surface area contributed by atoms with Crippen molar-refractivity contribution in [3.8, 4) is 0 Å². The van der Waals surface area contributed by atoms with Crippen molar-refractivity contribution in [3.05, 3.63) is 21.9 Å². The fraction of sp³-hybridized carbons (Fsp3) is 0.765. The third-order valence-electron chi connectivity index (χ3n) is 4.87. The third-order valence-corrected chi connectivity index (χ3v) is 5.97. The Morgan fingerprint density at radius 1 is 1.48 bits per heavy atom. The van der Waals surface area contributed by atoms with Crippen molar-refractivity contribution in [1.82, 2.24) is 5.32 Å². The maximum Gasteiger partial charge on any atom is 0.0940 e. The first kappa shape index (κ1) is 15.5. The molecule has 4 heteroatoms. The summed E-state index contributed by atoms with van der Waals surface area (Å²) in [6, 6.07) is 2.72. The van der Waals surface area contributed by atoms with E-state index >= 15 is 0 Å². The van der Waals surface area contributed by atoms with Gasteiger partial charge >= 0.3 is 0 Å². The lowest BCUT2D eigenvalue weighted by Crippen LogP contribution is -2.44. The number of aryl methyl sites for hydroxylation is 1. The molecule has 0 saturated carbocycles. The minimum absolute atomic E-state index is 0.000224. The molecule has 0 bridgehead atoms. The van der Waals surface area contributed by atoms with Crippen LogP contribution in [0.5, 0.6) is 0 Å². The van der Waals surface area contributed by atoms with Gasteiger partial charge in [0.25, 0.3) is 0 Å². The van der Waals surface area contributed by atoms with Gasteiger partial charge < -0.3 is 14.8 Å². The molecule has 2 aliphatic rings. The first-order valence-electron chi connectivity index (χ1n) is 8.23. The number of hydrogen-bond acceptors (Lipinski definition) is 4. The summed E-state index contributed by atoms with van der Waals surface area (Å²) < 4.78 is 11.7. The molecule has 3 atom stereocenters. The molecule has 0 aromatic carbocycles. The van der Waals surface area contributed by atoms with Crippen LogP contribution in [0.2, 0.25) is 0 Å². The average molecular weight is 309 g/mol. The molecule has 3 unspecified atom stereocenters. The molecule has 1 aromatic rings. The highest BCUT2D eigenvalue weighted by Gasteiger charge is 2.43. The zero-order valence-corrected chi connectivity index (χ0v) is 14.0. The molecule has 1 N–H and O–H groups in total. The van der Waals surface area contributed by atoms with Crippen molar-refractivity contribution in [3.63, 3.8) is 0 Å². The molecule has 3 rings (SSSR count). The Balaban J connectivity index is 1.77. The second-order valence-electron chi connectivity index (χ2n) is 6.49. The van der Waals surface area contributed by atoms with Crippen LogP contribution in [0.3, 0.4) is 0 Å². The highest BCUT2D eigenvalue weighted by atomic mass is 32.1. The van der Waals surface area contributed by atoms with E-state index in [-0.39, 0.29) is 5.60 Å². The van der Waals surface area contributed by atoms with E-state index in [0.717, 1.165) is 45.6 Å². The molecule has 21 heavy (non-hydrogen) atoms. The molecule has 2 fully saturated rings. The minimum atomic E-state index is 0.000224. The van der Waals surface area contributed by atoms with Crippen molar-refractivity contribution in [2.24, 2.45) is 5.92 Å². The summed E-state index contributed by atoms with van der Waals surface area (Å²) in [5.74, 6) is 0.657. The lowest BCUT2D eigenvalue weighted by Gasteiger charge is -2.40. The molecule has 2 saturated heterocycles. The van der Waals surface area contributed by atoms with E-state index in [1.54, 1.807) is 0 Å². The summed E-state index contributed by atoms with van der Waals surface area (Å²) in [5.41, 5.74) is 1.43. The molecule has 2 aliphatic heterocycles. The van der Waals surface area contributed by atoms with Gasteiger partial charge in [-0.3, -0.25) is 0 Å². The molecule has 1 spiro atoms. The largest absolute Gasteiger partial charge is 0.378 e. The van der Waals surface area contributed by atoms with Crippen LogP contribution in [0.15, 0.2) is 11.4 Å². The standard InChI is InChI=1S/C17H27NO2S/c1-3-7-18-15(16-13(2)5-10-21-16)14-4-8-20-17(11-14)6-9-19-12-17/h5,10,14-15,18H,3-4,6-9,11-12H2,1-2H3. The predicted molar refractivity (Wildman–Crippen MR) is 86.9 cm³/mol. The van der Waals surface area contributed by atoms with E-state index < -0.39 is 0 Å². The number of ether oxygens (including phenoxy) is 2. The highest BCUT2D eigenvalue weighted by molar-refractivity contribution is 7.10. The predicted octanol–water partition coefficient (Wildman–Crippen LogP) is 3.68. The van der Waals surface area contributed by atoms with E-state index in [1.165, 1.54) is 16.9 Å². The number of nitrogens with one attached hydrogen (secondary N) is 1. The smallest absolute Gasteiger partial charge is 0.0940 e. The van der Waals surface area contributed by atoms with Gasteiger partial charge in [-0.2, -0.15) is 0 Å². The zero-order valence-electron chi connectivity index (χ0n) is 13.2. The number of thiophene rings is 1. The fourth-order valence-corrected chi connectivity index (χ4v) is 4.78. The van der Waals surface area contributed by atoms with Crippen LogP contribution < -0.4 is 5.32 Å². The Morgan fingerprint density at radius 3 is 3.05 bits per heavy atom. The molecule has 3 nitrogen and oxygen atoms in total. The van der Waals surface area contributed by atoms with Crippen molar-refractivity contribution in [2.75, 3.05) is 26.4 Å². The molecular formula is C17H27NO2S. The van der Waals surface area contributed by atoms with Crippen molar-refractivity contribution >= 4 is 11.3 Å². The van der Waals surface area contributed by atoms with Crippen molar-refractivity contribution in [1.29, 1.82) is 0 Å². The maximum atomic E-state index is 6.11. The summed E-state index contributed by atoms with van der Waals surface area (Å²) >= 11 is 1.90. The van der Waals surface area contributed by atoms with Gasteiger partial charge in [-0.05, 0) is 55.7 Å². The summed E-state index contributed by atoms with van der Waals surface area (Å²) in [7, 11) is 0. The molecule has 3 heterocycles. The average Bonchev–Trinajstić information content (AvgIpc) is 3.10. The molecule has 0 aliphatic carbocycles. The highest BCUT2D eigenvalue weighted by Crippen LogP contribution is 2.42.